The highest BCUT2D eigenvalue weighted by atomic mass is 127. The molecule has 2 aromatic heterocycles. The molecule has 0 fully saturated rings. The Morgan fingerprint density at radius 3 is 2.77 bits per heavy atom. The molecule has 0 spiro atoms. The fourth-order valence-electron chi connectivity index (χ4n) is 2.14. The zero-order chi connectivity index (χ0) is 15.7. The number of hydrogen-bond donors (Lipinski definition) is 0. The standard InChI is InChI=1S/C14H14IN5OS/c1-3-19(4-2)13(21)11-16-17-14-20(11)18-12(22-14)9-6-5-7-10(15)8-9/h5-8H,3-4H2,1-2H3. The predicted octanol–water partition coefficient (Wildman–Crippen LogP) is 2.94. The van der Waals surface area contributed by atoms with Gasteiger partial charge < -0.3 is 4.90 Å². The quantitative estimate of drug-likeness (QED) is 0.601. The molecule has 0 saturated carbocycles. The number of carbonyl (C=O) groups is 1. The van der Waals surface area contributed by atoms with Crippen molar-refractivity contribution in [3.05, 3.63) is 33.7 Å². The lowest BCUT2D eigenvalue weighted by Crippen LogP contribution is -2.32. The average Bonchev–Trinajstić information content (AvgIpc) is 3.08. The van der Waals surface area contributed by atoms with Crippen LogP contribution in [0.25, 0.3) is 15.5 Å². The molecule has 1 amide bonds. The second-order valence-electron chi connectivity index (χ2n) is 4.61. The predicted molar refractivity (Wildman–Crippen MR) is 94.1 cm³/mol. The van der Waals surface area contributed by atoms with E-state index in [1.165, 1.54) is 11.3 Å². The van der Waals surface area contributed by atoms with Crippen LogP contribution in [0.3, 0.4) is 0 Å². The van der Waals surface area contributed by atoms with E-state index in [2.05, 4.69) is 44.0 Å². The van der Waals surface area contributed by atoms with Crippen LogP contribution in [0.4, 0.5) is 0 Å². The zero-order valence-electron chi connectivity index (χ0n) is 12.2. The molecule has 0 bridgehead atoms. The smallest absolute Gasteiger partial charge is 0.293 e. The maximum atomic E-state index is 12.4. The van der Waals surface area contributed by atoms with Crippen molar-refractivity contribution in [3.63, 3.8) is 0 Å². The van der Waals surface area contributed by atoms with Gasteiger partial charge >= 0.3 is 0 Å². The Morgan fingerprint density at radius 2 is 2.09 bits per heavy atom. The molecule has 0 N–H and O–H groups in total. The van der Waals surface area contributed by atoms with Gasteiger partial charge in [0.25, 0.3) is 5.91 Å². The molecule has 0 aliphatic carbocycles. The summed E-state index contributed by atoms with van der Waals surface area (Å²) >= 11 is 3.69. The first-order valence-corrected chi connectivity index (χ1v) is 8.81. The number of nitrogens with zero attached hydrogens (tertiary/aromatic N) is 5. The zero-order valence-corrected chi connectivity index (χ0v) is 15.1. The van der Waals surface area contributed by atoms with Gasteiger partial charge in [0.1, 0.15) is 5.01 Å². The molecular weight excluding hydrogens is 413 g/mol. The molecule has 0 aliphatic rings. The SMILES string of the molecule is CCN(CC)C(=O)c1nnc2sc(-c3cccc(I)c3)nn12. The number of carbonyl (C=O) groups excluding carboxylic acids is 1. The van der Waals surface area contributed by atoms with E-state index < -0.39 is 0 Å². The van der Waals surface area contributed by atoms with Crippen molar-refractivity contribution < 1.29 is 4.79 Å². The molecule has 0 saturated heterocycles. The highest BCUT2D eigenvalue weighted by Gasteiger charge is 2.22. The third-order valence-corrected chi connectivity index (χ3v) is 4.92. The molecule has 6 nitrogen and oxygen atoms in total. The summed E-state index contributed by atoms with van der Waals surface area (Å²) in [6.07, 6.45) is 0. The van der Waals surface area contributed by atoms with Crippen LogP contribution in [0.15, 0.2) is 24.3 Å². The van der Waals surface area contributed by atoms with Crippen LogP contribution in [0.5, 0.6) is 0 Å². The van der Waals surface area contributed by atoms with Gasteiger partial charge in [-0.1, -0.05) is 23.5 Å². The largest absolute Gasteiger partial charge is 0.336 e. The van der Waals surface area contributed by atoms with Crippen LogP contribution in [0, 0.1) is 3.57 Å². The van der Waals surface area contributed by atoms with E-state index in [0.717, 1.165) is 14.1 Å². The first-order valence-electron chi connectivity index (χ1n) is 6.91. The number of aromatic nitrogens is 4. The van der Waals surface area contributed by atoms with Gasteiger partial charge in [-0.25, -0.2) is 0 Å². The molecule has 1 aromatic carbocycles. The first-order chi connectivity index (χ1) is 10.6. The molecule has 0 unspecified atom stereocenters. The monoisotopic (exact) mass is 427 g/mol. The van der Waals surface area contributed by atoms with Crippen LogP contribution in [-0.4, -0.2) is 43.7 Å². The number of halogens is 1. The van der Waals surface area contributed by atoms with Crippen LogP contribution in [0.2, 0.25) is 0 Å². The Hall–Kier alpha value is -1.55. The van der Waals surface area contributed by atoms with Gasteiger partial charge in [-0.15, -0.1) is 10.2 Å². The summed E-state index contributed by atoms with van der Waals surface area (Å²) in [6.45, 7) is 5.16. The summed E-state index contributed by atoms with van der Waals surface area (Å²) in [6, 6.07) is 8.07. The van der Waals surface area contributed by atoms with Crippen LogP contribution < -0.4 is 0 Å². The Labute approximate surface area is 145 Å². The molecule has 114 valence electrons. The van der Waals surface area contributed by atoms with Crippen molar-refractivity contribution in [2.24, 2.45) is 0 Å². The molecular formula is C14H14IN5OS. The van der Waals surface area contributed by atoms with E-state index in [0.29, 0.717) is 18.1 Å². The van der Waals surface area contributed by atoms with Crippen molar-refractivity contribution >= 4 is 44.8 Å². The fourth-order valence-corrected chi connectivity index (χ4v) is 3.52. The number of hydrogen-bond acceptors (Lipinski definition) is 5. The van der Waals surface area contributed by atoms with Crippen molar-refractivity contribution in [1.29, 1.82) is 0 Å². The molecule has 0 atom stereocenters. The highest BCUT2D eigenvalue weighted by Crippen LogP contribution is 2.26. The number of rotatable bonds is 4. The summed E-state index contributed by atoms with van der Waals surface area (Å²) in [4.78, 5) is 14.8. The lowest BCUT2D eigenvalue weighted by atomic mass is 10.2. The van der Waals surface area contributed by atoms with Gasteiger partial charge in [0, 0.05) is 22.2 Å². The van der Waals surface area contributed by atoms with Gasteiger partial charge in [-0.05, 0) is 48.6 Å². The average molecular weight is 427 g/mol. The molecule has 2 heterocycles. The lowest BCUT2D eigenvalue weighted by Gasteiger charge is -2.16. The summed E-state index contributed by atoms with van der Waals surface area (Å²) in [5.74, 6) is 0.129. The Morgan fingerprint density at radius 1 is 1.32 bits per heavy atom. The molecule has 3 rings (SSSR count). The van der Waals surface area contributed by atoms with E-state index in [1.54, 1.807) is 9.42 Å². The molecule has 0 radical (unpaired) electrons. The van der Waals surface area contributed by atoms with Gasteiger partial charge in [0.05, 0.1) is 0 Å². The minimum atomic E-state index is -0.142. The van der Waals surface area contributed by atoms with Crippen molar-refractivity contribution in [1.82, 2.24) is 24.7 Å². The van der Waals surface area contributed by atoms with Gasteiger partial charge in [0.2, 0.25) is 10.8 Å². The Bertz CT molecular complexity index is 824. The van der Waals surface area contributed by atoms with E-state index >= 15 is 0 Å². The van der Waals surface area contributed by atoms with Crippen LogP contribution in [-0.2, 0) is 0 Å². The maximum Gasteiger partial charge on any atom is 0.293 e. The number of fused-ring (bicyclic) bond motifs is 1. The van der Waals surface area contributed by atoms with Gasteiger partial charge in [-0.2, -0.15) is 9.61 Å². The second-order valence-corrected chi connectivity index (χ2v) is 6.81. The van der Waals surface area contributed by atoms with Gasteiger partial charge in [-0.3, -0.25) is 4.79 Å². The van der Waals surface area contributed by atoms with Crippen LogP contribution in [0.1, 0.15) is 24.5 Å². The summed E-state index contributed by atoms with van der Waals surface area (Å²) in [7, 11) is 0. The van der Waals surface area contributed by atoms with Gasteiger partial charge in [0.15, 0.2) is 0 Å². The van der Waals surface area contributed by atoms with Crippen molar-refractivity contribution in [2.75, 3.05) is 13.1 Å². The number of benzene rings is 1. The topological polar surface area (TPSA) is 63.4 Å². The normalized spacial score (nSPS) is 11.0. The van der Waals surface area contributed by atoms with Crippen molar-refractivity contribution in [2.45, 2.75) is 13.8 Å². The van der Waals surface area contributed by atoms with E-state index in [4.69, 9.17) is 0 Å². The van der Waals surface area contributed by atoms with E-state index in [-0.39, 0.29) is 11.7 Å². The lowest BCUT2D eigenvalue weighted by molar-refractivity contribution is 0.0758. The Balaban J connectivity index is 2.03. The van der Waals surface area contributed by atoms with Crippen LogP contribution >= 0.6 is 33.9 Å². The number of amides is 1. The minimum absolute atomic E-state index is 0.142. The third-order valence-electron chi connectivity index (χ3n) is 3.30. The maximum absolute atomic E-state index is 12.4. The molecule has 3 aromatic rings. The fraction of sp³-hybridized carbons (Fsp3) is 0.286. The van der Waals surface area contributed by atoms with Crippen molar-refractivity contribution in [3.8, 4) is 10.6 Å². The second kappa shape index (κ2) is 6.29. The molecule has 8 heteroatoms. The van der Waals surface area contributed by atoms with E-state index in [1.807, 2.05) is 32.0 Å². The summed E-state index contributed by atoms with van der Waals surface area (Å²) in [5, 5.41) is 13.4. The third kappa shape index (κ3) is 2.72. The summed E-state index contributed by atoms with van der Waals surface area (Å²) < 4.78 is 2.68. The Kier molecular flexibility index (Phi) is 4.39. The summed E-state index contributed by atoms with van der Waals surface area (Å²) in [5.41, 5.74) is 1.02. The van der Waals surface area contributed by atoms with E-state index in [9.17, 15) is 4.79 Å². The molecule has 22 heavy (non-hydrogen) atoms. The molecule has 0 aliphatic heterocycles. The highest BCUT2D eigenvalue weighted by molar-refractivity contribution is 14.1. The minimum Gasteiger partial charge on any atom is -0.336 e. The first kappa shape index (κ1) is 15.3.